The molecule has 126 valence electrons. The second kappa shape index (κ2) is 6.82. The van der Waals surface area contributed by atoms with E-state index in [4.69, 9.17) is 15.2 Å². The van der Waals surface area contributed by atoms with Gasteiger partial charge in [0.1, 0.15) is 5.56 Å². The molecule has 1 saturated heterocycles. The highest BCUT2D eigenvalue weighted by Gasteiger charge is 2.32. The van der Waals surface area contributed by atoms with Crippen molar-refractivity contribution in [2.75, 3.05) is 27.3 Å². The van der Waals surface area contributed by atoms with Gasteiger partial charge in [0.15, 0.2) is 11.5 Å². The molecule has 1 fully saturated rings. The van der Waals surface area contributed by atoms with E-state index >= 15 is 0 Å². The molecule has 1 aromatic carbocycles. The Morgan fingerprint density at radius 3 is 2.48 bits per heavy atom. The molecule has 0 saturated carbocycles. The van der Waals surface area contributed by atoms with E-state index in [9.17, 15) is 14.9 Å². The number of piperidine rings is 1. The van der Waals surface area contributed by atoms with E-state index in [0.717, 1.165) is 0 Å². The number of nitro benzene ring substituents is 1. The Labute approximate surface area is 134 Å². The Morgan fingerprint density at radius 2 is 1.96 bits per heavy atom. The molecule has 2 rings (SSSR count). The molecule has 1 aromatic rings. The van der Waals surface area contributed by atoms with Crippen LogP contribution in [0.1, 0.15) is 23.7 Å². The van der Waals surface area contributed by atoms with Crippen molar-refractivity contribution in [3.8, 4) is 11.5 Å². The van der Waals surface area contributed by atoms with Crippen LogP contribution in [0.25, 0.3) is 0 Å². The average Bonchev–Trinajstić information content (AvgIpc) is 2.55. The van der Waals surface area contributed by atoms with Gasteiger partial charge in [-0.05, 0) is 12.3 Å². The van der Waals surface area contributed by atoms with Crippen LogP contribution in [0, 0.1) is 16.0 Å². The zero-order valence-corrected chi connectivity index (χ0v) is 13.4. The summed E-state index contributed by atoms with van der Waals surface area (Å²) in [4.78, 5) is 25.1. The third-order valence-corrected chi connectivity index (χ3v) is 4.19. The Morgan fingerprint density at radius 1 is 1.35 bits per heavy atom. The SMILES string of the molecule is COc1cc(C(=O)N2CCC(N)C(C)C2)c([N+](=O)[O-])cc1OC. The number of nitrogens with two attached hydrogens (primary N) is 1. The van der Waals surface area contributed by atoms with E-state index in [1.54, 1.807) is 4.90 Å². The number of methoxy groups -OCH3 is 2. The zero-order valence-electron chi connectivity index (χ0n) is 13.4. The Kier molecular flexibility index (Phi) is 5.05. The molecule has 1 amide bonds. The fraction of sp³-hybridized carbons (Fsp3) is 0.533. The van der Waals surface area contributed by atoms with Gasteiger partial charge < -0.3 is 20.1 Å². The van der Waals surface area contributed by atoms with E-state index in [-0.39, 0.29) is 34.7 Å². The monoisotopic (exact) mass is 323 g/mol. The normalized spacial score (nSPS) is 21.0. The van der Waals surface area contributed by atoms with Crippen LogP contribution < -0.4 is 15.2 Å². The molecule has 2 unspecified atom stereocenters. The molecule has 0 aliphatic carbocycles. The summed E-state index contributed by atoms with van der Waals surface area (Å²) < 4.78 is 10.2. The quantitative estimate of drug-likeness (QED) is 0.663. The second-order valence-electron chi connectivity index (χ2n) is 5.66. The van der Waals surface area contributed by atoms with E-state index in [1.165, 1.54) is 26.4 Å². The lowest BCUT2D eigenvalue weighted by atomic mass is 9.94. The van der Waals surface area contributed by atoms with Crippen LogP contribution in [0.2, 0.25) is 0 Å². The first-order valence-corrected chi connectivity index (χ1v) is 7.34. The summed E-state index contributed by atoms with van der Waals surface area (Å²) in [6, 6.07) is 2.61. The molecule has 8 nitrogen and oxygen atoms in total. The van der Waals surface area contributed by atoms with Crippen molar-refractivity contribution in [1.82, 2.24) is 4.90 Å². The second-order valence-corrected chi connectivity index (χ2v) is 5.66. The molecular formula is C15H21N3O5. The number of benzene rings is 1. The third kappa shape index (κ3) is 3.37. The van der Waals surface area contributed by atoms with Gasteiger partial charge in [0.25, 0.3) is 11.6 Å². The molecule has 8 heteroatoms. The molecule has 23 heavy (non-hydrogen) atoms. The van der Waals surface area contributed by atoms with Crippen LogP contribution in [0.4, 0.5) is 5.69 Å². The average molecular weight is 323 g/mol. The van der Waals surface area contributed by atoms with Gasteiger partial charge in [0.2, 0.25) is 0 Å². The molecule has 1 heterocycles. The summed E-state index contributed by atoms with van der Waals surface area (Å²) in [5, 5.41) is 11.3. The predicted octanol–water partition coefficient (Wildman–Crippen LogP) is 1.42. The molecule has 0 aromatic heterocycles. The molecule has 2 N–H and O–H groups in total. The van der Waals surface area contributed by atoms with Crippen LogP contribution in [-0.2, 0) is 0 Å². The van der Waals surface area contributed by atoms with Gasteiger partial charge in [-0.1, -0.05) is 6.92 Å². The predicted molar refractivity (Wildman–Crippen MR) is 83.9 cm³/mol. The summed E-state index contributed by atoms with van der Waals surface area (Å²) in [7, 11) is 2.80. The van der Waals surface area contributed by atoms with E-state index in [1.807, 2.05) is 6.92 Å². The van der Waals surface area contributed by atoms with Crippen molar-refractivity contribution in [3.05, 3.63) is 27.8 Å². The fourth-order valence-electron chi connectivity index (χ4n) is 2.71. The van der Waals surface area contributed by atoms with Gasteiger partial charge in [-0.3, -0.25) is 14.9 Å². The minimum atomic E-state index is -0.589. The van der Waals surface area contributed by atoms with E-state index in [0.29, 0.717) is 19.5 Å². The number of nitrogens with zero attached hydrogens (tertiary/aromatic N) is 2. The zero-order chi connectivity index (χ0) is 17.1. The lowest BCUT2D eigenvalue weighted by Crippen LogP contribution is -2.48. The van der Waals surface area contributed by atoms with Crippen LogP contribution in [0.5, 0.6) is 11.5 Å². The van der Waals surface area contributed by atoms with Crippen LogP contribution in [0.3, 0.4) is 0 Å². The first kappa shape index (κ1) is 17.0. The minimum Gasteiger partial charge on any atom is -0.493 e. The number of carbonyl (C=O) groups is 1. The Balaban J connectivity index is 2.40. The number of likely N-dealkylation sites (tertiary alicyclic amines) is 1. The van der Waals surface area contributed by atoms with Gasteiger partial charge in [-0.25, -0.2) is 0 Å². The van der Waals surface area contributed by atoms with Gasteiger partial charge >= 0.3 is 0 Å². The van der Waals surface area contributed by atoms with Crippen molar-refractivity contribution >= 4 is 11.6 Å². The van der Waals surface area contributed by atoms with Gasteiger partial charge in [0.05, 0.1) is 25.2 Å². The van der Waals surface area contributed by atoms with Gasteiger partial charge in [-0.2, -0.15) is 0 Å². The van der Waals surface area contributed by atoms with Crippen molar-refractivity contribution in [1.29, 1.82) is 0 Å². The molecule has 0 bridgehead atoms. The van der Waals surface area contributed by atoms with E-state index < -0.39 is 10.8 Å². The van der Waals surface area contributed by atoms with Crippen molar-refractivity contribution in [3.63, 3.8) is 0 Å². The maximum absolute atomic E-state index is 12.7. The minimum absolute atomic E-state index is 0.00433. The van der Waals surface area contributed by atoms with Gasteiger partial charge in [-0.15, -0.1) is 0 Å². The standard InChI is InChI=1S/C15H21N3O5/c1-9-8-17(5-4-11(9)16)15(19)10-6-13(22-2)14(23-3)7-12(10)18(20)21/h6-7,9,11H,4-5,8,16H2,1-3H3. The summed E-state index contributed by atoms with van der Waals surface area (Å²) in [5.41, 5.74) is 5.66. The lowest BCUT2D eigenvalue weighted by Gasteiger charge is -2.35. The van der Waals surface area contributed by atoms with Crippen LogP contribution in [0.15, 0.2) is 12.1 Å². The third-order valence-electron chi connectivity index (χ3n) is 4.19. The number of ether oxygens (including phenoxy) is 2. The maximum atomic E-state index is 12.7. The molecule has 0 radical (unpaired) electrons. The first-order chi connectivity index (χ1) is 10.9. The summed E-state index contributed by atoms with van der Waals surface area (Å²) in [6.07, 6.45) is 0.675. The number of carbonyl (C=O) groups excluding carboxylic acids is 1. The first-order valence-electron chi connectivity index (χ1n) is 7.34. The molecule has 2 atom stereocenters. The van der Waals surface area contributed by atoms with Crippen LogP contribution in [-0.4, -0.2) is 49.1 Å². The number of amides is 1. The number of rotatable bonds is 4. The van der Waals surface area contributed by atoms with Crippen molar-refractivity contribution in [2.45, 2.75) is 19.4 Å². The highest BCUT2D eigenvalue weighted by atomic mass is 16.6. The highest BCUT2D eigenvalue weighted by Crippen LogP contribution is 2.35. The molecular weight excluding hydrogens is 302 g/mol. The summed E-state index contributed by atoms with van der Waals surface area (Å²) in [6.45, 7) is 2.93. The molecule has 1 aliphatic rings. The highest BCUT2D eigenvalue weighted by molar-refractivity contribution is 5.99. The van der Waals surface area contributed by atoms with E-state index in [2.05, 4.69) is 0 Å². The Hall–Kier alpha value is -2.35. The summed E-state index contributed by atoms with van der Waals surface area (Å²) >= 11 is 0. The number of hydrogen-bond acceptors (Lipinski definition) is 6. The van der Waals surface area contributed by atoms with Crippen molar-refractivity contribution in [2.24, 2.45) is 11.7 Å². The number of hydrogen-bond donors (Lipinski definition) is 1. The number of nitro groups is 1. The largest absolute Gasteiger partial charge is 0.493 e. The molecule has 1 aliphatic heterocycles. The molecule has 0 spiro atoms. The Bertz CT molecular complexity index is 619. The maximum Gasteiger partial charge on any atom is 0.286 e. The lowest BCUT2D eigenvalue weighted by molar-refractivity contribution is -0.385. The fourth-order valence-corrected chi connectivity index (χ4v) is 2.71. The summed E-state index contributed by atoms with van der Waals surface area (Å²) in [5.74, 6) is 0.247. The van der Waals surface area contributed by atoms with Crippen LogP contribution >= 0.6 is 0 Å². The van der Waals surface area contributed by atoms with Gasteiger partial charge in [0, 0.05) is 25.2 Å². The smallest absolute Gasteiger partial charge is 0.286 e. The topological polar surface area (TPSA) is 108 Å². The van der Waals surface area contributed by atoms with Crippen molar-refractivity contribution < 1.29 is 19.2 Å².